The number of carbonyl (C=O) groups excluding carboxylic acids is 1. The number of imidazole rings is 1. The first-order chi connectivity index (χ1) is 11.5. The van der Waals surface area contributed by atoms with Gasteiger partial charge < -0.3 is 5.32 Å². The molecule has 0 aliphatic rings. The van der Waals surface area contributed by atoms with E-state index in [1.54, 1.807) is 0 Å². The monoisotopic (exact) mass is 340 g/mol. The van der Waals surface area contributed by atoms with Crippen molar-refractivity contribution in [1.82, 2.24) is 4.57 Å². The molecule has 0 bridgehead atoms. The fourth-order valence-electron chi connectivity index (χ4n) is 2.61. The van der Waals surface area contributed by atoms with Crippen molar-refractivity contribution < 1.29 is 9.36 Å². The van der Waals surface area contributed by atoms with Crippen molar-refractivity contribution in [2.45, 2.75) is 20.4 Å². The highest BCUT2D eigenvalue weighted by Gasteiger charge is 2.12. The predicted molar refractivity (Wildman–Crippen MR) is 95.5 cm³/mol. The number of amides is 1. The van der Waals surface area contributed by atoms with E-state index in [0.717, 1.165) is 22.5 Å². The molecule has 3 rings (SSSR count). The molecule has 0 atom stereocenters. The van der Waals surface area contributed by atoms with Gasteiger partial charge in [-0.25, -0.2) is 9.13 Å². The van der Waals surface area contributed by atoms with Gasteiger partial charge in [0, 0.05) is 10.7 Å². The lowest BCUT2D eigenvalue weighted by atomic mass is 10.1. The Morgan fingerprint density at radius 3 is 2.46 bits per heavy atom. The summed E-state index contributed by atoms with van der Waals surface area (Å²) >= 11 is 5.91. The number of hydrogen-bond acceptors (Lipinski definition) is 1. The van der Waals surface area contributed by atoms with E-state index in [-0.39, 0.29) is 12.5 Å². The number of nitrogens with zero attached hydrogens (tertiary/aromatic N) is 2. The molecule has 0 saturated heterocycles. The lowest BCUT2D eigenvalue weighted by molar-refractivity contribution is -0.683. The van der Waals surface area contributed by atoms with Gasteiger partial charge in [-0.2, -0.15) is 0 Å². The Morgan fingerprint density at radius 2 is 1.79 bits per heavy atom. The normalized spacial score (nSPS) is 10.6. The van der Waals surface area contributed by atoms with E-state index >= 15 is 0 Å². The second kappa shape index (κ2) is 6.89. The van der Waals surface area contributed by atoms with Gasteiger partial charge in [0.05, 0.1) is 0 Å². The standard InChI is InChI=1S/C19H18ClN3O/c1-14-4-3-5-15(2)19(14)21-18(24)12-22-10-11-23(13-22)17-8-6-16(20)7-9-17/h3-11,13H,12H2,1-2H3/p+1. The van der Waals surface area contributed by atoms with Crippen LogP contribution >= 0.6 is 11.6 Å². The molecule has 5 heteroatoms. The molecule has 2 aromatic carbocycles. The van der Waals surface area contributed by atoms with Crippen LogP contribution in [0, 0.1) is 13.8 Å². The Kier molecular flexibility index (Phi) is 4.67. The number of benzene rings is 2. The molecule has 122 valence electrons. The fraction of sp³-hybridized carbons (Fsp3) is 0.158. The molecule has 4 nitrogen and oxygen atoms in total. The van der Waals surface area contributed by atoms with E-state index in [2.05, 4.69) is 5.32 Å². The zero-order valence-corrected chi connectivity index (χ0v) is 14.4. The van der Waals surface area contributed by atoms with Crippen LogP contribution in [0.3, 0.4) is 0 Å². The number of rotatable bonds is 4. The summed E-state index contributed by atoms with van der Waals surface area (Å²) in [5.74, 6) is -0.0498. The SMILES string of the molecule is Cc1cccc(C)c1NC(=O)C[n+]1ccn(-c2ccc(Cl)cc2)c1. The van der Waals surface area contributed by atoms with Gasteiger partial charge in [0.25, 0.3) is 5.91 Å². The van der Waals surface area contributed by atoms with Crippen LogP contribution in [0.2, 0.25) is 5.02 Å². The zero-order chi connectivity index (χ0) is 17.1. The largest absolute Gasteiger partial charge is 0.322 e. The van der Waals surface area contributed by atoms with E-state index in [0.29, 0.717) is 5.02 Å². The first-order valence-corrected chi connectivity index (χ1v) is 8.10. The summed E-state index contributed by atoms with van der Waals surface area (Å²) in [6.45, 7) is 4.24. The maximum atomic E-state index is 12.3. The summed E-state index contributed by atoms with van der Waals surface area (Å²) in [6.07, 6.45) is 5.67. The molecule has 3 aromatic rings. The van der Waals surface area contributed by atoms with Crippen LogP contribution < -0.4 is 9.88 Å². The fourth-order valence-corrected chi connectivity index (χ4v) is 2.74. The molecule has 1 aromatic heterocycles. The summed E-state index contributed by atoms with van der Waals surface area (Å²) in [4.78, 5) is 12.3. The highest BCUT2D eigenvalue weighted by molar-refractivity contribution is 6.30. The minimum absolute atomic E-state index is 0.0498. The molecule has 1 heterocycles. The van der Waals surface area contributed by atoms with Crippen LogP contribution in [-0.2, 0) is 11.3 Å². The van der Waals surface area contributed by atoms with Gasteiger partial charge >= 0.3 is 0 Å². The maximum absolute atomic E-state index is 12.3. The molecule has 1 N–H and O–H groups in total. The van der Waals surface area contributed by atoms with Crippen LogP contribution in [0.4, 0.5) is 5.69 Å². The number of anilines is 1. The number of aryl methyl sites for hydroxylation is 2. The van der Waals surface area contributed by atoms with Gasteiger partial charge in [-0.1, -0.05) is 29.8 Å². The van der Waals surface area contributed by atoms with E-state index in [9.17, 15) is 4.79 Å². The second-order valence-electron chi connectivity index (χ2n) is 5.78. The van der Waals surface area contributed by atoms with Crippen LogP contribution in [0.15, 0.2) is 61.2 Å². The van der Waals surface area contributed by atoms with E-state index in [4.69, 9.17) is 11.6 Å². The minimum Gasteiger partial charge on any atom is -0.322 e. The van der Waals surface area contributed by atoms with Gasteiger partial charge in [0.15, 0.2) is 6.54 Å². The predicted octanol–water partition coefficient (Wildman–Crippen LogP) is 3.67. The van der Waals surface area contributed by atoms with Crippen molar-refractivity contribution in [2.75, 3.05) is 5.32 Å². The third-order valence-corrected chi connectivity index (χ3v) is 4.14. The molecule has 0 unspecified atom stereocenters. The van der Waals surface area contributed by atoms with Gasteiger partial charge in [0.2, 0.25) is 6.33 Å². The van der Waals surface area contributed by atoms with E-state index in [1.807, 2.05) is 84.2 Å². The van der Waals surface area contributed by atoms with Crippen LogP contribution in [0.25, 0.3) is 5.69 Å². The quantitative estimate of drug-likeness (QED) is 0.723. The molecule has 0 radical (unpaired) electrons. The molecule has 0 aliphatic carbocycles. The van der Waals surface area contributed by atoms with Crippen molar-refractivity contribution in [1.29, 1.82) is 0 Å². The Hall–Kier alpha value is -2.59. The number of para-hydroxylation sites is 1. The van der Waals surface area contributed by atoms with E-state index in [1.165, 1.54) is 0 Å². The average molecular weight is 341 g/mol. The van der Waals surface area contributed by atoms with Crippen LogP contribution in [0.1, 0.15) is 11.1 Å². The van der Waals surface area contributed by atoms with Crippen molar-refractivity contribution in [2.24, 2.45) is 0 Å². The lowest BCUT2D eigenvalue weighted by Gasteiger charge is -2.10. The van der Waals surface area contributed by atoms with Gasteiger partial charge in [-0.05, 0) is 49.2 Å². The summed E-state index contributed by atoms with van der Waals surface area (Å²) in [5.41, 5.74) is 4.01. The topological polar surface area (TPSA) is 37.9 Å². The first kappa shape index (κ1) is 16.3. The van der Waals surface area contributed by atoms with Gasteiger partial charge in [0.1, 0.15) is 18.1 Å². The summed E-state index contributed by atoms with van der Waals surface area (Å²) in [5, 5.41) is 3.70. The van der Waals surface area contributed by atoms with Crippen LogP contribution in [-0.4, -0.2) is 10.5 Å². The molecular formula is C19H19ClN3O+. The Labute approximate surface area is 146 Å². The molecule has 24 heavy (non-hydrogen) atoms. The number of halogens is 1. The highest BCUT2D eigenvalue weighted by atomic mass is 35.5. The Morgan fingerprint density at radius 1 is 1.12 bits per heavy atom. The Balaban J connectivity index is 1.70. The minimum atomic E-state index is -0.0498. The Bertz CT molecular complexity index is 848. The molecule has 0 fully saturated rings. The van der Waals surface area contributed by atoms with Crippen molar-refractivity contribution in [3.8, 4) is 5.69 Å². The van der Waals surface area contributed by atoms with Crippen molar-refractivity contribution in [3.05, 3.63) is 77.3 Å². The first-order valence-electron chi connectivity index (χ1n) is 7.72. The lowest BCUT2D eigenvalue weighted by Crippen LogP contribution is -2.38. The summed E-state index contributed by atoms with van der Waals surface area (Å²) in [7, 11) is 0. The van der Waals surface area contributed by atoms with E-state index < -0.39 is 0 Å². The smallest absolute Gasteiger partial charge is 0.266 e. The number of nitrogens with one attached hydrogen (secondary N) is 1. The average Bonchev–Trinajstić information content (AvgIpc) is 3.00. The number of carbonyl (C=O) groups is 1. The molecular weight excluding hydrogens is 322 g/mol. The van der Waals surface area contributed by atoms with Crippen molar-refractivity contribution >= 4 is 23.2 Å². The molecule has 0 aliphatic heterocycles. The number of aromatic nitrogens is 2. The summed E-state index contributed by atoms with van der Waals surface area (Å²) in [6, 6.07) is 13.5. The highest BCUT2D eigenvalue weighted by Crippen LogP contribution is 2.19. The zero-order valence-electron chi connectivity index (χ0n) is 13.7. The third-order valence-electron chi connectivity index (χ3n) is 3.89. The number of hydrogen-bond donors (Lipinski definition) is 1. The molecule has 1 amide bonds. The van der Waals surface area contributed by atoms with Gasteiger partial charge in [-0.15, -0.1) is 0 Å². The van der Waals surface area contributed by atoms with Gasteiger partial charge in [-0.3, -0.25) is 4.79 Å². The molecule has 0 saturated carbocycles. The summed E-state index contributed by atoms with van der Waals surface area (Å²) < 4.78 is 3.79. The van der Waals surface area contributed by atoms with Crippen LogP contribution in [0.5, 0.6) is 0 Å². The van der Waals surface area contributed by atoms with Crippen molar-refractivity contribution in [3.63, 3.8) is 0 Å². The third kappa shape index (κ3) is 3.66. The molecule has 0 spiro atoms. The second-order valence-corrected chi connectivity index (χ2v) is 6.22. The maximum Gasteiger partial charge on any atom is 0.266 e.